The Balaban J connectivity index is 1.47. The van der Waals surface area contributed by atoms with Gasteiger partial charge in [0.15, 0.2) is 9.84 Å². The molecule has 0 spiro atoms. The zero-order chi connectivity index (χ0) is 21.1. The molecule has 0 unspecified atom stereocenters. The van der Waals surface area contributed by atoms with Gasteiger partial charge in [-0.1, -0.05) is 43.5 Å². The molecule has 0 amide bonds. The average molecular weight is 442 g/mol. The van der Waals surface area contributed by atoms with Gasteiger partial charge in [-0.3, -0.25) is 0 Å². The van der Waals surface area contributed by atoms with E-state index in [1.54, 1.807) is 23.5 Å². The van der Waals surface area contributed by atoms with E-state index in [9.17, 15) is 8.42 Å². The van der Waals surface area contributed by atoms with Crippen LogP contribution in [0.4, 0.5) is 0 Å². The largest absolute Gasteiger partial charge is 0.488 e. The van der Waals surface area contributed by atoms with Crippen molar-refractivity contribution in [2.45, 2.75) is 56.4 Å². The number of ether oxygens (including phenoxy) is 1. The van der Waals surface area contributed by atoms with E-state index in [0.717, 1.165) is 26.9 Å². The minimum Gasteiger partial charge on any atom is -0.488 e. The maximum Gasteiger partial charge on any atom is 0.175 e. The molecule has 1 saturated carbocycles. The first-order valence-electron chi connectivity index (χ1n) is 10.4. The second-order valence-electron chi connectivity index (χ2n) is 7.99. The molecular weight excluding hydrogens is 414 g/mol. The summed E-state index contributed by atoms with van der Waals surface area (Å²) in [6.45, 7) is 2.42. The Bertz CT molecular complexity index is 1090. The van der Waals surface area contributed by atoms with E-state index in [0.29, 0.717) is 17.4 Å². The Morgan fingerprint density at radius 1 is 1.00 bits per heavy atom. The van der Waals surface area contributed by atoms with Crippen LogP contribution >= 0.6 is 11.3 Å². The third kappa shape index (κ3) is 4.93. The predicted octanol–water partition coefficient (Wildman–Crippen LogP) is 6.15. The molecule has 0 N–H and O–H groups in total. The van der Waals surface area contributed by atoms with Crippen LogP contribution in [-0.4, -0.2) is 19.7 Å². The molecule has 4 nitrogen and oxygen atoms in total. The highest BCUT2D eigenvalue weighted by Crippen LogP contribution is 2.34. The van der Waals surface area contributed by atoms with Gasteiger partial charge in [0, 0.05) is 11.8 Å². The van der Waals surface area contributed by atoms with Gasteiger partial charge < -0.3 is 4.74 Å². The lowest BCUT2D eigenvalue weighted by Crippen LogP contribution is -2.04. The molecule has 0 atom stereocenters. The monoisotopic (exact) mass is 441 g/mol. The molecule has 0 saturated heterocycles. The van der Waals surface area contributed by atoms with Crippen LogP contribution in [0.15, 0.2) is 53.4 Å². The summed E-state index contributed by atoms with van der Waals surface area (Å²) in [5, 5.41) is 0.962. The fraction of sp³-hybridized carbons (Fsp3) is 0.375. The van der Waals surface area contributed by atoms with Crippen LogP contribution in [0.5, 0.6) is 5.75 Å². The minimum absolute atomic E-state index is 0.314. The first-order valence-corrected chi connectivity index (χ1v) is 13.1. The van der Waals surface area contributed by atoms with Crippen molar-refractivity contribution >= 4 is 21.2 Å². The SMILES string of the molecule is Cc1nc(-c2ccc(S(C)(=O)=O)cc2)c(COc2ccc(C3CCCCC3)cc2)s1. The Morgan fingerprint density at radius 2 is 1.67 bits per heavy atom. The van der Waals surface area contributed by atoms with Gasteiger partial charge in [0.1, 0.15) is 12.4 Å². The summed E-state index contributed by atoms with van der Waals surface area (Å²) < 4.78 is 29.5. The van der Waals surface area contributed by atoms with Gasteiger partial charge in [-0.05, 0) is 55.5 Å². The van der Waals surface area contributed by atoms with Crippen LogP contribution in [0.2, 0.25) is 0 Å². The number of aryl methyl sites for hydroxylation is 1. The van der Waals surface area contributed by atoms with Crippen LogP contribution in [0.1, 0.15) is 53.5 Å². The molecule has 0 radical (unpaired) electrons. The number of thiazole rings is 1. The number of rotatable bonds is 6. The number of nitrogens with zero attached hydrogens (tertiary/aromatic N) is 1. The Labute approximate surface area is 182 Å². The number of aromatic nitrogens is 1. The Kier molecular flexibility index (Phi) is 6.25. The molecule has 2 aromatic carbocycles. The van der Waals surface area contributed by atoms with Crippen molar-refractivity contribution in [2.24, 2.45) is 0 Å². The Morgan fingerprint density at radius 3 is 2.30 bits per heavy atom. The van der Waals surface area contributed by atoms with Gasteiger partial charge in [-0.25, -0.2) is 13.4 Å². The third-order valence-corrected chi connectivity index (χ3v) is 7.76. The maximum atomic E-state index is 11.7. The van der Waals surface area contributed by atoms with Crippen molar-refractivity contribution in [1.82, 2.24) is 4.98 Å². The molecule has 0 aliphatic heterocycles. The number of sulfone groups is 1. The van der Waals surface area contributed by atoms with Gasteiger partial charge in [-0.15, -0.1) is 11.3 Å². The van der Waals surface area contributed by atoms with Crippen LogP contribution in [0, 0.1) is 6.92 Å². The van der Waals surface area contributed by atoms with E-state index in [1.807, 2.05) is 19.1 Å². The third-order valence-electron chi connectivity index (χ3n) is 5.69. The van der Waals surface area contributed by atoms with E-state index >= 15 is 0 Å². The lowest BCUT2D eigenvalue weighted by Gasteiger charge is -2.22. The van der Waals surface area contributed by atoms with Crippen molar-refractivity contribution in [3.63, 3.8) is 0 Å². The molecular formula is C24H27NO3S2. The zero-order valence-corrected chi connectivity index (χ0v) is 19.1. The van der Waals surface area contributed by atoms with E-state index in [2.05, 4.69) is 29.2 Å². The molecule has 30 heavy (non-hydrogen) atoms. The molecule has 1 aliphatic carbocycles. The highest BCUT2D eigenvalue weighted by Gasteiger charge is 2.16. The predicted molar refractivity (Wildman–Crippen MR) is 122 cm³/mol. The van der Waals surface area contributed by atoms with E-state index in [-0.39, 0.29) is 0 Å². The fourth-order valence-electron chi connectivity index (χ4n) is 4.07. The quantitative estimate of drug-likeness (QED) is 0.460. The summed E-state index contributed by atoms with van der Waals surface area (Å²) in [5.41, 5.74) is 3.18. The van der Waals surface area contributed by atoms with Crippen molar-refractivity contribution in [1.29, 1.82) is 0 Å². The van der Waals surface area contributed by atoms with E-state index in [4.69, 9.17) is 4.74 Å². The summed E-state index contributed by atoms with van der Waals surface area (Å²) in [5.74, 6) is 1.55. The number of benzene rings is 2. The van der Waals surface area contributed by atoms with Crippen molar-refractivity contribution in [3.8, 4) is 17.0 Å². The van der Waals surface area contributed by atoms with Crippen molar-refractivity contribution in [2.75, 3.05) is 6.26 Å². The van der Waals surface area contributed by atoms with Crippen molar-refractivity contribution in [3.05, 3.63) is 64.0 Å². The minimum atomic E-state index is -3.21. The molecule has 1 heterocycles. The van der Waals surface area contributed by atoms with Gasteiger partial charge in [0.2, 0.25) is 0 Å². The first-order chi connectivity index (χ1) is 14.4. The van der Waals surface area contributed by atoms with Gasteiger partial charge >= 0.3 is 0 Å². The molecule has 1 fully saturated rings. The van der Waals surface area contributed by atoms with Gasteiger partial charge in [-0.2, -0.15) is 0 Å². The smallest absolute Gasteiger partial charge is 0.175 e. The average Bonchev–Trinajstić information content (AvgIpc) is 3.13. The van der Waals surface area contributed by atoms with Crippen LogP contribution in [0.25, 0.3) is 11.3 Å². The highest BCUT2D eigenvalue weighted by atomic mass is 32.2. The fourth-order valence-corrected chi connectivity index (χ4v) is 5.58. The molecule has 0 bridgehead atoms. The number of hydrogen-bond donors (Lipinski definition) is 0. The lowest BCUT2D eigenvalue weighted by molar-refractivity contribution is 0.310. The van der Waals surface area contributed by atoms with Gasteiger partial charge in [0.25, 0.3) is 0 Å². The topological polar surface area (TPSA) is 56.3 Å². The van der Waals surface area contributed by atoms with E-state index < -0.39 is 9.84 Å². The number of hydrogen-bond acceptors (Lipinski definition) is 5. The summed E-state index contributed by atoms with van der Waals surface area (Å²) in [6.07, 6.45) is 7.84. The summed E-state index contributed by atoms with van der Waals surface area (Å²) >= 11 is 1.61. The normalized spacial score (nSPS) is 15.3. The highest BCUT2D eigenvalue weighted by molar-refractivity contribution is 7.90. The molecule has 1 aliphatic rings. The maximum absolute atomic E-state index is 11.7. The molecule has 4 rings (SSSR count). The molecule has 158 valence electrons. The summed E-state index contributed by atoms with van der Waals surface area (Å²) in [4.78, 5) is 6.00. The summed E-state index contributed by atoms with van der Waals surface area (Å²) in [6, 6.07) is 15.4. The van der Waals surface area contributed by atoms with Crippen LogP contribution in [-0.2, 0) is 16.4 Å². The summed E-state index contributed by atoms with van der Waals surface area (Å²) in [7, 11) is -3.21. The standard InChI is InChI=1S/C24H27NO3S2/c1-17-25-24(20-10-14-22(15-11-20)30(2,26)27)23(29-17)16-28-21-12-8-19(9-13-21)18-6-4-3-5-7-18/h8-15,18H,3-7,16H2,1-2H3. The lowest BCUT2D eigenvalue weighted by atomic mass is 9.84. The van der Waals surface area contributed by atoms with E-state index in [1.165, 1.54) is 43.9 Å². The Hall–Kier alpha value is -2.18. The second-order valence-corrected chi connectivity index (χ2v) is 11.3. The van der Waals surface area contributed by atoms with Crippen LogP contribution < -0.4 is 4.74 Å². The molecule has 6 heteroatoms. The van der Waals surface area contributed by atoms with Gasteiger partial charge in [0.05, 0.1) is 20.5 Å². The first kappa shape index (κ1) is 21.1. The van der Waals surface area contributed by atoms with Crippen LogP contribution in [0.3, 0.4) is 0 Å². The molecule has 3 aromatic rings. The second kappa shape index (κ2) is 8.90. The molecule has 1 aromatic heterocycles. The zero-order valence-electron chi connectivity index (χ0n) is 17.4. The van der Waals surface area contributed by atoms with Crippen molar-refractivity contribution < 1.29 is 13.2 Å².